The summed E-state index contributed by atoms with van der Waals surface area (Å²) in [5.41, 5.74) is 2.88. The summed E-state index contributed by atoms with van der Waals surface area (Å²) in [6.45, 7) is 9.35. The van der Waals surface area contributed by atoms with E-state index in [1.54, 1.807) is 4.90 Å². The van der Waals surface area contributed by atoms with Crippen LogP contribution in [0.15, 0.2) is 69.9 Å². The number of carbonyl (C=O) groups is 1. The minimum absolute atomic E-state index is 0.124. The van der Waals surface area contributed by atoms with Crippen molar-refractivity contribution in [3.8, 4) is 0 Å². The van der Waals surface area contributed by atoms with Crippen LogP contribution in [-0.2, 0) is 0 Å². The molecular formula is C28H28N2O3. The highest BCUT2D eigenvalue weighted by Gasteiger charge is 2.42. The molecule has 0 saturated carbocycles. The number of hydrogen-bond donors (Lipinski definition) is 0. The van der Waals surface area contributed by atoms with Crippen molar-refractivity contribution in [2.75, 3.05) is 26.2 Å². The monoisotopic (exact) mass is 440 g/mol. The first-order valence-electron chi connectivity index (χ1n) is 11.6. The van der Waals surface area contributed by atoms with Gasteiger partial charge in [0.05, 0.1) is 17.0 Å². The van der Waals surface area contributed by atoms with Gasteiger partial charge in [-0.05, 0) is 37.0 Å². The summed E-state index contributed by atoms with van der Waals surface area (Å²) in [5, 5.41) is 2.34. The maximum Gasteiger partial charge on any atom is 0.290 e. The Morgan fingerprint density at radius 1 is 0.909 bits per heavy atom. The number of hydrogen-bond acceptors (Lipinski definition) is 4. The molecule has 1 amide bonds. The summed E-state index contributed by atoms with van der Waals surface area (Å²) in [5.74, 6) is -0.0383. The van der Waals surface area contributed by atoms with Crippen molar-refractivity contribution in [1.82, 2.24) is 9.80 Å². The smallest absolute Gasteiger partial charge is 0.290 e. The largest absolute Gasteiger partial charge is 0.450 e. The van der Waals surface area contributed by atoms with Crippen LogP contribution in [0.2, 0.25) is 0 Å². The van der Waals surface area contributed by atoms with E-state index >= 15 is 0 Å². The fourth-order valence-electron chi connectivity index (χ4n) is 4.86. The number of nitrogens with zero attached hydrogens (tertiary/aromatic N) is 2. The Kier molecular flexibility index (Phi) is 5.51. The summed E-state index contributed by atoms with van der Waals surface area (Å²) in [6.07, 6.45) is 0. The lowest BCUT2D eigenvalue weighted by Gasteiger charge is -2.28. The Morgan fingerprint density at radius 3 is 2.36 bits per heavy atom. The molecule has 1 unspecified atom stereocenters. The molecule has 3 aromatic carbocycles. The zero-order valence-corrected chi connectivity index (χ0v) is 19.3. The van der Waals surface area contributed by atoms with Gasteiger partial charge in [-0.1, -0.05) is 74.0 Å². The summed E-state index contributed by atoms with van der Waals surface area (Å²) < 4.78 is 6.27. The molecule has 0 radical (unpaired) electrons. The van der Waals surface area contributed by atoms with Crippen molar-refractivity contribution in [3.05, 3.63) is 93.3 Å². The zero-order chi connectivity index (χ0) is 23.1. The van der Waals surface area contributed by atoms with Crippen LogP contribution in [0.25, 0.3) is 21.7 Å². The Bertz CT molecular complexity index is 1400. The Balaban J connectivity index is 1.71. The van der Waals surface area contributed by atoms with Gasteiger partial charge in [0.25, 0.3) is 5.91 Å². The van der Waals surface area contributed by atoms with Gasteiger partial charge in [0.15, 0.2) is 5.43 Å². The highest BCUT2D eigenvalue weighted by atomic mass is 16.3. The van der Waals surface area contributed by atoms with Crippen molar-refractivity contribution in [3.63, 3.8) is 0 Å². The quantitative estimate of drug-likeness (QED) is 0.390. The first-order valence-corrected chi connectivity index (χ1v) is 11.6. The average Bonchev–Trinajstić information content (AvgIpc) is 3.12. The SMILES string of the molecule is CCN(CC)CCN1C(=O)c2oc3c(ccc4ccccc43)c(=O)c2C1c1ccc(C)cc1. The maximum absolute atomic E-state index is 13.8. The topological polar surface area (TPSA) is 53.8 Å². The van der Waals surface area contributed by atoms with Crippen LogP contribution in [0, 0.1) is 6.92 Å². The van der Waals surface area contributed by atoms with E-state index in [1.807, 2.05) is 67.6 Å². The Hall–Kier alpha value is -3.44. The lowest BCUT2D eigenvalue weighted by Crippen LogP contribution is -2.37. The van der Waals surface area contributed by atoms with Crippen LogP contribution >= 0.6 is 0 Å². The van der Waals surface area contributed by atoms with E-state index in [-0.39, 0.29) is 17.1 Å². The molecule has 33 heavy (non-hydrogen) atoms. The summed E-state index contributed by atoms with van der Waals surface area (Å²) >= 11 is 0. The van der Waals surface area contributed by atoms with Gasteiger partial charge in [-0.15, -0.1) is 0 Å². The predicted octanol–water partition coefficient (Wildman–Crippen LogP) is 5.14. The van der Waals surface area contributed by atoms with Gasteiger partial charge >= 0.3 is 0 Å². The van der Waals surface area contributed by atoms with E-state index in [2.05, 4.69) is 18.7 Å². The average molecular weight is 441 g/mol. The molecule has 1 aliphatic heterocycles. The molecule has 1 atom stereocenters. The third-order valence-electron chi connectivity index (χ3n) is 6.80. The van der Waals surface area contributed by atoms with E-state index in [1.165, 1.54) is 0 Å². The molecular weight excluding hydrogens is 412 g/mol. The molecule has 2 heterocycles. The fraction of sp³-hybridized carbons (Fsp3) is 0.286. The molecule has 1 aromatic heterocycles. The lowest BCUT2D eigenvalue weighted by atomic mass is 9.97. The molecule has 0 fully saturated rings. The van der Waals surface area contributed by atoms with Crippen molar-refractivity contribution in [1.29, 1.82) is 0 Å². The van der Waals surface area contributed by atoms with E-state index in [9.17, 15) is 9.59 Å². The second kappa shape index (κ2) is 8.49. The number of rotatable bonds is 6. The highest BCUT2D eigenvalue weighted by Crippen LogP contribution is 2.39. The Labute approximate surface area is 193 Å². The van der Waals surface area contributed by atoms with Crippen LogP contribution in [0.3, 0.4) is 0 Å². The predicted molar refractivity (Wildman–Crippen MR) is 132 cm³/mol. The van der Waals surface area contributed by atoms with Crippen molar-refractivity contribution >= 4 is 27.6 Å². The van der Waals surface area contributed by atoms with E-state index in [0.29, 0.717) is 23.1 Å². The highest BCUT2D eigenvalue weighted by molar-refractivity contribution is 6.06. The molecule has 5 nitrogen and oxygen atoms in total. The molecule has 0 N–H and O–H groups in total. The van der Waals surface area contributed by atoms with Crippen molar-refractivity contribution in [2.45, 2.75) is 26.8 Å². The van der Waals surface area contributed by atoms with Gasteiger partial charge in [0, 0.05) is 18.5 Å². The van der Waals surface area contributed by atoms with Gasteiger partial charge in [0.1, 0.15) is 5.58 Å². The minimum Gasteiger partial charge on any atom is -0.450 e. The van der Waals surface area contributed by atoms with Crippen molar-refractivity contribution < 1.29 is 9.21 Å². The van der Waals surface area contributed by atoms with Crippen LogP contribution in [0.1, 0.15) is 47.1 Å². The van der Waals surface area contributed by atoms with E-state index < -0.39 is 6.04 Å². The Morgan fingerprint density at radius 2 is 1.64 bits per heavy atom. The number of fused-ring (bicyclic) bond motifs is 4. The number of amides is 1. The van der Waals surface area contributed by atoms with E-state index in [0.717, 1.165) is 41.5 Å². The van der Waals surface area contributed by atoms with Gasteiger partial charge in [-0.2, -0.15) is 0 Å². The lowest BCUT2D eigenvalue weighted by molar-refractivity contribution is 0.0708. The van der Waals surface area contributed by atoms with Gasteiger partial charge in [0.2, 0.25) is 5.76 Å². The van der Waals surface area contributed by atoms with Gasteiger partial charge < -0.3 is 14.2 Å². The first-order chi connectivity index (χ1) is 16.0. The van der Waals surface area contributed by atoms with E-state index in [4.69, 9.17) is 4.42 Å². The normalized spacial score (nSPS) is 15.7. The minimum atomic E-state index is -0.448. The molecule has 0 aliphatic carbocycles. The zero-order valence-electron chi connectivity index (χ0n) is 19.3. The number of benzene rings is 3. The van der Waals surface area contributed by atoms with Crippen LogP contribution in [0.4, 0.5) is 0 Å². The van der Waals surface area contributed by atoms with Crippen LogP contribution < -0.4 is 5.43 Å². The summed E-state index contributed by atoms with van der Waals surface area (Å²) in [6, 6.07) is 19.2. The molecule has 168 valence electrons. The molecule has 0 bridgehead atoms. The molecule has 5 rings (SSSR count). The van der Waals surface area contributed by atoms with Gasteiger partial charge in [-0.25, -0.2) is 0 Å². The standard InChI is InChI=1S/C28H28N2O3/c1-4-29(5-2)16-17-30-24(20-12-10-18(3)11-13-20)23-25(31)22-15-14-19-8-6-7-9-21(19)26(22)33-27(23)28(30)32/h6-15,24H,4-5,16-17H2,1-3H3. The van der Waals surface area contributed by atoms with Crippen LogP contribution in [0.5, 0.6) is 0 Å². The fourth-order valence-corrected chi connectivity index (χ4v) is 4.86. The molecule has 1 aliphatic rings. The summed E-state index contributed by atoms with van der Waals surface area (Å²) in [4.78, 5) is 31.5. The van der Waals surface area contributed by atoms with Crippen molar-refractivity contribution in [2.24, 2.45) is 0 Å². The van der Waals surface area contributed by atoms with Gasteiger partial charge in [-0.3, -0.25) is 9.59 Å². The third-order valence-corrected chi connectivity index (χ3v) is 6.80. The second-order valence-corrected chi connectivity index (χ2v) is 8.68. The number of carbonyl (C=O) groups excluding carboxylic acids is 1. The first kappa shape index (κ1) is 21.4. The summed E-state index contributed by atoms with van der Waals surface area (Å²) in [7, 11) is 0. The third kappa shape index (κ3) is 3.53. The second-order valence-electron chi connectivity index (χ2n) is 8.68. The van der Waals surface area contributed by atoms with Crippen LogP contribution in [-0.4, -0.2) is 41.9 Å². The molecule has 0 saturated heterocycles. The number of aryl methyl sites for hydroxylation is 1. The number of likely N-dealkylation sites (N-methyl/N-ethyl adjacent to an activating group) is 1. The molecule has 0 spiro atoms. The maximum atomic E-state index is 13.8. The molecule has 4 aromatic rings. The molecule has 5 heteroatoms.